The van der Waals surface area contributed by atoms with Crippen LogP contribution in [0.25, 0.3) is 0 Å². The summed E-state index contributed by atoms with van der Waals surface area (Å²) in [4.78, 5) is 22.9. The number of nitrogens with one attached hydrogen (secondary N) is 3. The first kappa shape index (κ1) is 15.5. The molecule has 1 fully saturated rings. The Balaban J connectivity index is 1.80. The molecule has 1 heterocycles. The number of hydrogen-bond donors (Lipinski definition) is 3. The first-order chi connectivity index (χ1) is 10.1. The van der Waals surface area contributed by atoms with E-state index in [1.54, 1.807) is 12.1 Å². The van der Waals surface area contributed by atoms with Gasteiger partial charge in [0.25, 0.3) is 0 Å². The first-order valence-corrected chi connectivity index (χ1v) is 7.09. The van der Waals surface area contributed by atoms with Gasteiger partial charge in [0.1, 0.15) is 0 Å². The molecule has 21 heavy (non-hydrogen) atoms. The summed E-state index contributed by atoms with van der Waals surface area (Å²) in [6.45, 7) is 4.27. The monoisotopic (exact) mass is 291 g/mol. The molecule has 1 aromatic rings. The van der Waals surface area contributed by atoms with Gasteiger partial charge in [0.15, 0.2) is 0 Å². The molecule has 6 nitrogen and oxygen atoms in total. The van der Waals surface area contributed by atoms with E-state index in [4.69, 9.17) is 4.74 Å². The van der Waals surface area contributed by atoms with Crippen LogP contribution in [0.2, 0.25) is 0 Å². The van der Waals surface area contributed by atoms with Gasteiger partial charge in [-0.15, -0.1) is 0 Å². The molecular formula is C15H21N3O3. The number of carbonyl (C=O) groups excluding carboxylic acids is 2. The van der Waals surface area contributed by atoms with Crippen LogP contribution in [-0.4, -0.2) is 44.2 Å². The fourth-order valence-corrected chi connectivity index (χ4v) is 2.19. The summed E-state index contributed by atoms with van der Waals surface area (Å²) in [7, 11) is 0. The van der Waals surface area contributed by atoms with Crippen molar-refractivity contribution in [3.63, 3.8) is 0 Å². The van der Waals surface area contributed by atoms with E-state index in [9.17, 15) is 9.59 Å². The molecule has 2 rings (SSSR count). The van der Waals surface area contributed by atoms with Gasteiger partial charge in [-0.25, -0.2) is 0 Å². The van der Waals surface area contributed by atoms with Gasteiger partial charge in [-0.1, -0.05) is 12.1 Å². The van der Waals surface area contributed by atoms with Crippen molar-refractivity contribution >= 4 is 17.5 Å². The van der Waals surface area contributed by atoms with Crippen molar-refractivity contribution in [2.75, 3.05) is 31.6 Å². The molecular weight excluding hydrogens is 270 g/mol. The smallest absolute Gasteiger partial charge is 0.224 e. The molecule has 1 aliphatic rings. The van der Waals surface area contributed by atoms with Gasteiger partial charge in [-0.2, -0.15) is 0 Å². The molecule has 114 valence electrons. The Morgan fingerprint density at radius 2 is 2.29 bits per heavy atom. The van der Waals surface area contributed by atoms with Crippen LogP contribution in [0.3, 0.4) is 0 Å². The summed E-state index contributed by atoms with van der Waals surface area (Å²) in [6, 6.07) is 7.29. The molecule has 0 bridgehead atoms. The minimum Gasteiger partial charge on any atom is -0.374 e. The zero-order valence-electron chi connectivity index (χ0n) is 12.1. The predicted octanol–water partition coefficient (Wildman–Crippen LogP) is 0.292. The normalized spacial score (nSPS) is 18.0. The number of carbonyl (C=O) groups is 2. The maximum absolute atomic E-state index is 11.9. The van der Waals surface area contributed by atoms with Crippen molar-refractivity contribution in [3.8, 4) is 0 Å². The van der Waals surface area contributed by atoms with Gasteiger partial charge >= 0.3 is 0 Å². The van der Waals surface area contributed by atoms with Gasteiger partial charge in [0.2, 0.25) is 11.8 Å². The summed E-state index contributed by atoms with van der Waals surface area (Å²) < 4.78 is 5.52. The highest BCUT2D eigenvalue weighted by atomic mass is 16.5. The second-order valence-electron chi connectivity index (χ2n) is 5.06. The average molecular weight is 291 g/mol. The summed E-state index contributed by atoms with van der Waals surface area (Å²) >= 11 is 0. The third-order valence-corrected chi connectivity index (χ3v) is 3.14. The molecule has 0 spiro atoms. The van der Waals surface area contributed by atoms with E-state index >= 15 is 0 Å². The van der Waals surface area contributed by atoms with E-state index in [2.05, 4.69) is 16.0 Å². The van der Waals surface area contributed by atoms with Crippen molar-refractivity contribution in [1.29, 1.82) is 0 Å². The molecule has 0 saturated carbocycles. The third kappa shape index (κ3) is 5.53. The van der Waals surface area contributed by atoms with Crippen molar-refractivity contribution < 1.29 is 14.3 Å². The van der Waals surface area contributed by atoms with E-state index in [0.29, 0.717) is 18.8 Å². The lowest BCUT2D eigenvalue weighted by molar-refractivity contribution is -0.121. The Labute approximate surface area is 124 Å². The Bertz CT molecular complexity index is 499. The number of hydrogen-bond acceptors (Lipinski definition) is 4. The number of ether oxygens (including phenoxy) is 1. The van der Waals surface area contributed by atoms with Crippen LogP contribution < -0.4 is 16.0 Å². The van der Waals surface area contributed by atoms with Gasteiger partial charge < -0.3 is 20.7 Å². The van der Waals surface area contributed by atoms with E-state index in [0.717, 1.165) is 18.7 Å². The third-order valence-electron chi connectivity index (χ3n) is 3.14. The van der Waals surface area contributed by atoms with Crippen LogP contribution in [0.4, 0.5) is 5.69 Å². The lowest BCUT2D eigenvalue weighted by Gasteiger charge is -2.23. The quantitative estimate of drug-likeness (QED) is 0.728. The van der Waals surface area contributed by atoms with Crippen LogP contribution in [0, 0.1) is 0 Å². The van der Waals surface area contributed by atoms with Crippen molar-refractivity contribution in [2.45, 2.75) is 19.4 Å². The Kier molecular flexibility index (Phi) is 5.71. The first-order valence-electron chi connectivity index (χ1n) is 7.09. The molecule has 3 N–H and O–H groups in total. The van der Waals surface area contributed by atoms with E-state index < -0.39 is 0 Å². The van der Waals surface area contributed by atoms with Gasteiger partial charge in [-0.05, 0) is 17.7 Å². The molecule has 6 heteroatoms. The lowest BCUT2D eigenvalue weighted by Crippen LogP contribution is -2.45. The largest absolute Gasteiger partial charge is 0.374 e. The standard InChI is InChI=1S/C15H21N3O3/c1-11(19)18-13-4-2-3-12(7-13)8-15(20)17-10-14-9-16-5-6-21-14/h2-4,7,14,16H,5-6,8-10H2,1H3,(H,17,20)(H,18,19)/t14-/m1/s1. The molecule has 1 saturated heterocycles. The topological polar surface area (TPSA) is 79.5 Å². The van der Waals surface area contributed by atoms with Crippen LogP contribution in [-0.2, 0) is 20.7 Å². The molecule has 2 amide bonds. The number of rotatable bonds is 5. The highest BCUT2D eigenvalue weighted by Gasteiger charge is 2.14. The lowest BCUT2D eigenvalue weighted by atomic mass is 10.1. The zero-order chi connectivity index (χ0) is 15.1. The highest BCUT2D eigenvalue weighted by Crippen LogP contribution is 2.11. The van der Waals surface area contributed by atoms with Gasteiger partial charge in [0, 0.05) is 32.2 Å². The number of amides is 2. The van der Waals surface area contributed by atoms with Crippen molar-refractivity contribution in [1.82, 2.24) is 10.6 Å². The molecule has 0 radical (unpaired) electrons. The van der Waals surface area contributed by atoms with Crippen LogP contribution in [0.5, 0.6) is 0 Å². The molecule has 1 aliphatic heterocycles. The van der Waals surface area contributed by atoms with Crippen LogP contribution in [0.1, 0.15) is 12.5 Å². The number of anilines is 1. The summed E-state index contributed by atoms with van der Waals surface area (Å²) in [5.74, 6) is -0.178. The van der Waals surface area contributed by atoms with Crippen molar-refractivity contribution in [2.24, 2.45) is 0 Å². The summed E-state index contributed by atoms with van der Waals surface area (Å²) in [5, 5.41) is 8.79. The second-order valence-corrected chi connectivity index (χ2v) is 5.06. The SMILES string of the molecule is CC(=O)Nc1cccc(CC(=O)NC[C@H]2CNCCO2)c1. The maximum Gasteiger partial charge on any atom is 0.224 e. The fourth-order valence-electron chi connectivity index (χ4n) is 2.19. The minimum absolute atomic E-state index is 0.0356. The van der Waals surface area contributed by atoms with Gasteiger partial charge in [-0.3, -0.25) is 9.59 Å². The Hall–Kier alpha value is -1.92. The van der Waals surface area contributed by atoms with Crippen molar-refractivity contribution in [3.05, 3.63) is 29.8 Å². The second kappa shape index (κ2) is 7.75. The van der Waals surface area contributed by atoms with Crippen LogP contribution >= 0.6 is 0 Å². The van der Waals surface area contributed by atoms with Crippen LogP contribution in [0.15, 0.2) is 24.3 Å². The summed E-state index contributed by atoms with van der Waals surface area (Å²) in [5.41, 5.74) is 1.56. The number of benzene rings is 1. The summed E-state index contributed by atoms with van der Waals surface area (Å²) in [6.07, 6.45) is 0.321. The maximum atomic E-state index is 11.9. The fraction of sp³-hybridized carbons (Fsp3) is 0.467. The van der Waals surface area contributed by atoms with Gasteiger partial charge in [0.05, 0.1) is 19.1 Å². The predicted molar refractivity (Wildman–Crippen MR) is 80.1 cm³/mol. The van der Waals surface area contributed by atoms with E-state index in [1.165, 1.54) is 6.92 Å². The zero-order valence-corrected chi connectivity index (χ0v) is 12.1. The highest BCUT2D eigenvalue weighted by molar-refractivity contribution is 5.89. The minimum atomic E-state index is -0.126. The molecule has 0 unspecified atom stereocenters. The van der Waals surface area contributed by atoms with E-state index in [-0.39, 0.29) is 24.3 Å². The molecule has 1 aromatic carbocycles. The molecule has 1 atom stereocenters. The Morgan fingerprint density at radius 1 is 1.43 bits per heavy atom. The average Bonchev–Trinajstić information content (AvgIpc) is 2.46. The number of morpholine rings is 1. The van der Waals surface area contributed by atoms with E-state index in [1.807, 2.05) is 12.1 Å². The molecule has 0 aromatic heterocycles. The Morgan fingerprint density at radius 3 is 3.00 bits per heavy atom. The molecule has 0 aliphatic carbocycles.